The lowest BCUT2D eigenvalue weighted by atomic mass is 9.51. The predicted molar refractivity (Wildman–Crippen MR) is 90.6 cm³/mol. The van der Waals surface area contributed by atoms with Crippen molar-refractivity contribution in [2.45, 2.75) is 44.9 Å². The molecule has 0 atom stereocenters. The standard InChI is InChI=1S/C21H25N/c1-2-4-21-17(3-1)8-14(13-22-21)5-6-20-18-9-15-7-16(11-18)12-19(20)10-15/h1-4,8,13,15-16,18-20H,5-7,9-12H2. The molecule has 1 heterocycles. The molecule has 0 aliphatic heterocycles. The normalized spacial score (nSPS) is 36.1. The van der Waals surface area contributed by atoms with E-state index in [4.69, 9.17) is 0 Å². The summed E-state index contributed by atoms with van der Waals surface area (Å²) in [5.41, 5.74) is 2.56. The van der Waals surface area contributed by atoms with Crippen LogP contribution >= 0.6 is 0 Å². The van der Waals surface area contributed by atoms with Gasteiger partial charge in [-0.1, -0.05) is 18.2 Å². The zero-order valence-electron chi connectivity index (χ0n) is 13.2. The maximum Gasteiger partial charge on any atom is 0.0702 e. The smallest absolute Gasteiger partial charge is 0.0702 e. The Balaban J connectivity index is 1.32. The maximum absolute atomic E-state index is 4.64. The largest absolute Gasteiger partial charge is 0.256 e. The van der Waals surface area contributed by atoms with E-state index < -0.39 is 0 Å². The maximum atomic E-state index is 4.64. The minimum absolute atomic E-state index is 1.01. The van der Waals surface area contributed by atoms with E-state index in [-0.39, 0.29) is 0 Å². The van der Waals surface area contributed by atoms with E-state index in [1.54, 1.807) is 32.1 Å². The minimum atomic E-state index is 1.01. The number of rotatable bonds is 3. The Morgan fingerprint density at radius 2 is 1.64 bits per heavy atom. The molecule has 1 heteroatoms. The summed E-state index contributed by atoms with van der Waals surface area (Å²) < 4.78 is 0. The molecule has 0 N–H and O–H groups in total. The number of hydrogen-bond acceptors (Lipinski definition) is 1. The van der Waals surface area contributed by atoms with Crippen molar-refractivity contribution in [2.24, 2.45) is 29.6 Å². The fourth-order valence-corrected chi connectivity index (χ4v) is 6.10. The lowest BCUT2D eigenvalue weighted by Crippen LogP contribution is -2.45. The van der Waals surface area contributed by atoms with E-state index in [2.05, 4.69) is 41.5 Å². The van der Waals surface area contributed by atoms with Gasteiger partial charge in [0, 0.05) is 11.6 Å². The van der Waals surface area contributed by atoms with Gasteiger partial charge >= 0.3 is 0 Å². The third kappa shape index (κ3) is 2.17. The zero-order valence-corrected chi connectivity index (χ0v) is 13.2. The van der Waals surface area contributed by atoms with Crippen LogP contribution in [-0.4, -0.2) is 4.98 Å². The van der Waals surface area contributed by atoms with E-state index in [9.17, 15) is 0 Å². The van der Waals surface area contributed by atoms with Gasteiger partial charge in [0.2, 0.25) is 0 Å². The van der Waals surface area contributed by atoms with Gasteiger partial charge in [0.1, 0.15) is 0 Å². The molecule has 0 radical (unpaired) electrons. The Hall–Kier alpha value is -1.37. The van der Waals surface area contributed by atoms with E-state index in [1.807, 2.05) is 0 Å². The summed E-state index contributed by atoms with van der Waals surface area (Å²) in [6.45, 7) is 0. The molecule has 4 aliphatic carbocycles. The molecule has 0 amide bonds. The number of hydrogen-bond donors (Lipinski definition) is 0. The highest BCUT2D eigenvalue weighted by atomic mass is 14.6. The molecule has 0 unspecified atom stereocenters. The van der Waals surface area contributed by atoms with Crippen molar-refractivity contribution in [1.82, 2.24) is 4.98 Å². The lowest BCUT2D eigenvalue weighted by Gasteiger charge is -2.54. The van der Waals surface area contributed by atoms with Crippen molar-refractivity contribution < 1.29 is 0 Å². The van der Waals surface area contributed by atoms with Crippen molar-refractivity contribution in [3.63, 3.8) is 0 Å². The number of para-hydroxylation sites is 1. The first kappa shape index (κ1) is 13.1. The van der Waals surface area contributed by atoms with Crippen LogP contribution in [0.2, 0.25) is 0 Å². The molecule has 1 aromatic heterocycles. The van der Waals surface area contributed by atoms with Crippen LogP contribution in [0.5, 0.6) is 0 Å². The van der Waals surface area contributed by atoms with E-state index in [0.29, 0.717) is 0 Å². The highest BCUT2D eigenvalue weighted by molar-refractivity contribution is 5.78. The Kier molecular flexibility index (Phi) is 3.02. The Morgan fingerprint density at radius 1 is 0.909 bits per heavy atom. The monoisotopic (exact) mass is 291 g/mol. The van der Waals surface area contributed by atoms with Crippen LogP contribution in [0.25, 0.3) is 10.9 Å². The number of nitrogens with zero attached hydrogens (tertiary/aromatic N) is 1. The van der Waals surface area contributed by atoms with Crippen LogP contribution < -0.4 is 0 Å². The van der Waals surface area contributed by atoms with Crippen LogP contribution in [0.15, 0.2) is 36.5 Å². The van der Waals surface area contributed by atoms with E-state index in [0.717, 1.165) is 35.1 Å². The van der Waals surface area contributed by atoms with Crippen LogP contribution in [0.3, 0.4) is 0 Å². The number of pyridine rings is 1. The number of aryl methyl sites for hydroxylation is 1. The quantitative estimate of drug-likeness (QED) is 0.753. The Bertz CT molecular complexity index is 661. The molecule has 4 fully saturated rings. The van der Waals surface area contributed by atoms with Crippen LogP contribution in [0, 0.1) is 29.6 Å². The van der Waals surface area contributed by atoms with Crippen molar-refractivity contribution in [3.8, 4) is 0 Å². The molecular formula is C21H25N. The van der Waals surface area contributed by atoms with Gasteiger partial charge in [-0.25, -0.2) is 0 Å². The summed E-state index contributed by atoms with van der Waals surface area (Å²) in [4.78, 5) is 4.64. The first-order chi connectivity index (χ1) is 10.8. The second-order valence-corrected chi connectivity index (χ2v) is 8.17. The van der Waals surface area contributed by atoms with Crippen LogP contribution in [0.1, 0.15) is 44.1 Å². The molecular weight excluding hydrogens is 266 g/mol. The molecule has 6 rings (SSSR count). The van der Waals surface area contributed by atoms with E-state index in [1.165, 1.54) is 23.8 Å². The summed E-state index contributed by atoms with van der Waals surface area (Å²) in [6.07, 6.45) is 12.5. The zero-order chi connectivity index (χ0) is 14.5. The van der Waals surface area contributed by atoms with Gasteiger partial charge in [-0.05, 0) is 92.2 Å². The first-order valence-electron chi connectivity index (χ1n) is 9.19. The van der Waals surface area contributed by atoms with Crippen molar-refractivity contribution in [1.29, 1.82) is 0 Å². The van der Waals surface area contributed by atoms with Crippen molar-refractivity contribution in [2.75, 3.05) is 0 Å². The third-order valence-electron chi connectivity index (χ3n) is 6.84. The highest BCUT2D eigenvalue weighted by Crippen LogP contribution is 2.57. The molecule has 1 nitrogen and oxygen atoms in total. The second kappa shape index (κ2) is 5.08. The molecule has 1 aromatic carbocycles. The Morgan fingerprint density at radius 3 is 2.41 bits per heavy atom. The van der Waals surface area contributed by atoms with Gasteiger partial charge < -0.3 is 0 Å². The average Bonchev–Trinajstić information content (AvgIpc) is 2.53. The fraction of sp³-hybridized carbons (Fsp3) is 0.571. The van der Waals surface area contributed by atoms with Gasteiger partial charge in [0.25, 0.3) is 0 Å². The SMILES string of the molecule is c1ccc2ncc(CCC3C4CC5CC(C4)CC3C5)cc2c1. The van der Waals surface area contributed by atoms with Crippen LogP contribution in [-0.2, 0) is 6.42 Å². The molecule has 4 saturated carbocycles. The molecule has 22 heavy (non-hydrogen) atoms. The average molecular weight is 291 g/mol. The molecule has 4 aliphatic rings. The predicted octanol–water partition coefficient (Wildman–Crippen LogP) is 5.24. The Labute approximate surface area is 133 Å². The summed E-state index contributed by atoms with van der Waals surface area (Å²) in [5.74, 6) is 5.33. The molecule has 0 spiro atoms. The number of benzene rings is 1. The topological polar surface area (TPSA) is 12.9 Å². The van der Waals surface area contributed by atoms with Crippen molar-refractivity contribution >= 4 is 10.9 Å². The summed E-state index contributed by atoms with van der Waals surface area (Å²) in [5, 5.41) is 1.30. The lowest BCUT2D eigenvalue weighted by molar-refractivity contribution is -0.0394. The summed E-state index contributed by atoms with van der Waals surface area (Å²) >= 11 is 0. The second-order valence-electron chi connectivity index (χ2n) is 8.17. The highest BCUT2D eigenvalue weighted by Gasteiger charge is 2.47. The van der Waals surface area contributed by atoms with Gasteiger partial charge in [-0.15, -0.1) is 0 Å². The third-order valence-corrected chi connectivity index (χ3v) is 6.84. The minimum Gasteiger partial charge on any atom is -0.256 e. The number of fused-ring (bicyclic) bond motifs is 1. The first-order valence-corrected chi connectivity index (χ1v) is 9.19. The van der Waals surface area contributed by atoms with Gasteiger partial charge in [-0.3, -0.25) is 4.98 Å². The van der Waals surface area contributed by atoms with Crippen molar-refractivity contribution in [3.05, 3.63) is 42.1 Å². The van der Waals surface area contributed by atoms with Crippen LogP contribution in [0.4, 0.5) is 0 Å². The van der Waals surface area contributed by atoms with Gasteiger partial charge in [0.05, 0.1) is 5.52 Å². The fourth-order valence-electron chi connectivity index (χ4n) is 6.10. The summed E-state index contributed by atoms with van der Waals surface area (Å²) in [6, 6.07) is 10.8. The van der Waals surface area contributed by atoms with Gasteiger partial charge in [0.15, 0.2) is 0 Å². The van der Waals surface area contributed by atoms with Gasteiger partial charge in [-0.2, -0.15) is 0 Å². The molecule has 114 valence electrons. The molecule has 0 saturated heterocycles. The van der Waals surface area contributed by atoms with E-state index >= 15 is 0 Å². The number of aromatic nitrogens is 1. The molecule has 2 aromatic rings. The summed E-state index contributed by atoms with van der Waals surface area (Å²) in [7, 11) is 0. The molecule has 4 bridgehead atoms.